The van der Waals surface area contributed by atoms with Crippen LogP contribution >= 0.6 is 0 Å². The molecule has 1 fully saturated rings. The zero-order valence-corrected chi connectivity index (χ0v) is 10.1. The van der Waals surface area contributed by atoms with E-state index in [-0.39, 0.29) is 6.10 Å². The van der Waals surface area contributed by atoms with Crippen molar-refractivity contribution in [3.8, 4) is 0 Å². The van der Waals surface area contributed by atoms with Crippen LogP contribution in [0.5, 0.6) is 0 Å². The number of nitrogens with one attached hydrogen (secondary N) is 1. The van der Waals surface area contributed by atoms with Crippen molar-refractivity contribution in [1.82, 2.24) is 5.32 Å². The molecule has 18 heavy (non-hydrogen) atoms. The van der Waals surface area contributed by atoms with Crippen molar-refractivity contribution < 1.29 is 14.6 Å². The predicted molar refractivity (Wildman–Crippen MR) is 68.3 cm³/mol. The number of anilines is 1. The number of carboxylic acids is 1. The summed E-state index contributed by atoms with van der Waals surface area (Å²) in [6.07, 6.45) is 0.157. The molecule has 0 amide bonds. The monoisotopic (exact) mass is 250 g/mol. The maximum atomic E-state index is 11.3. The van der Waals surface area contributed by atoms with E-state index in [0.717, 1.165) is 12.1 Å². The van der Waals surface area contributed by atoms with E-state index < -0.39 is 11.9 Å². The van der Waals surface area contributed by atoms with E-state index in [4.69, 9.17) is 10.5 Å². The number of nitrogen functional groups attached to an aromatic ring is 1. The molecule has 1 aliphatic heterocycles. The van der Waals surface area contributed by atoms with Crippen molar-refractivity contribution in [3.63, 3.8) is 0 Å². The Morgan fingerprint density at radius 2 is 2.44 bits per heavy atom. The maximum absolute atomic E-state index is 11.3. The Morgan fingerprint density at radius 1 is 1.61 bits per heavy atom. The summed E-state index contributed by atoms with van der Waals surface area (Å²) < 4.78 is 5.53. The number of ether oxygens (including phenoxy) is 1. The second kappa shape index (κ2) is 5.84. The van der Waals surface area contributed by atoms with Gasteiger partial charge in [-0.1, -0.05) is 12.1 Å². The second-order valence-corrected chi connectivity index (χ2v) is 4.51. The third kappa shape index (κ3) is 3.21. The van der Waals surface area contributed by atoms with Crippen LogP contribution in [0.15, 0.2) is 24.3 Å². The van der Waals surface area contributed by atoms with E-state index >= 15 is 0 Å². The van der Waals surface area contributed by atoms with Crippen LogP contribution < -0.4 is 11.1 Å². The average Bonchev–Trinajstić information content (AvgIpc) is 2.37. The van der Waals surface area contributed by atoms with Gasteiger partial charge in [0.25, 0.3) is 0 Å². The van der Waals surface area contributed by atoms with Gasteiger partial charge in [0.1, 0.15) is 0 Å². The fourth-order valence-electron chi connectivity index (χ4n) is 2.20. The average molecular weight is 250 g/mol. The lowest BCUT2D eigenvalue weighted by Crippen LogP contribution is -2.45. The molecule has 2 rings (SSSR count). The van der Waals surface area contributed by atoms with Crippen molar-refractivity contribution >= 4 is 11.7 Å². The van der Waals surface area contributed by atoms with Crippen molar-refractivity contribution in [2.24, 2.45) is 5.92 Å². The summed E-state index contributed by atoms with van der Waals surface area (Å²) in [5, 5.41) is 12.5. The number of hydrogen-bond acceptors (Lipinski definition) is 4. The lowest BCUT2D eigenvalue weighted by atomic mass is 9.93. The smallest absolute Gasteiger partial charge is 0.309 e. The minimum absolute atomic E-state index is 0.280. The zero-order chi connectivity index (χ0) is 13.0. The molecular formula is C13H18N2O3. The van der Waals surface area contributed by atoms with Crippen LogP contribution in [0.2, 0.25) is 0 Å². The molecule has 0 aliphatic carbocycles. The lowest BCUT2D eigenvalue weighted by molar-refractivity contribution is -0.148. The highest BCUT2D eigenvalue weighted by molar-refractivity contribution is 5.71. The van der Waals surface area contributed by atoms with Crippen LogP contribution in [0.4, 0.5) is 5.69 Å². The number of carbonyl (C=O) groups is 1. The SMILES string of the molecule is Nc1cccc(CC(C(=O)O)C2CNCCO2)c1. The lowest BCUT2D eigenvalue weighted by Gasteiger charge is -2.28. The molecule has 4 N–H and O–H groups in total. The molecule has 0 saturated carbocycles. The van der Waals surface area contributed by atoms with E-state index in [9.17, 15) is 9.90 Å². The van der Waals surface area contributed by atoms with E-state index in [1.54, 1.807) is 6.07 Å². The minimum atomic E-state index is -0.828. The van der Waals surface area contributed by atoms with Gasteiger partial charge >= 0.3 is 5.97 Å². The summed E-state index contributed by atoms with van der Waals surface area (Å²) >= 11 is 0. The predicted octanol–water partition coefficient (Wildman–Crippen LogP) is 0.501. The summed E-state index contributed by atoms with van der Waals surface area (Å²) in [7, 11) is 0. The third-order valence-electron chi connectivity index (χ3n) is 3.13. The van der Waals surface area contributed by atoms with Crippen LogP contribution in [-0.4, -0.2) is 36.9 Å². The van der Waals surface area contributed by atoms with Gasteiger partial charge < -0.3 is 20.9 Å². The number of hydrogen-bond donors (Lipinski definition) is 3. The fourth-order valence-corrected chi connectivity index (χ4v) is 2.20. The minimum Gasteiger partial charge on any atom is -0.481 e. The Hall–Kier alpha value is -1.59. The first-order valence-electron chi connectivity index (χ1n) is 6.06. The molecule has 5 heteroatoms. The molecule has 0 aromatic heterocycles. The number of rotatable bonds is 4. The molecule has 5 nitrogen and oxygen atoms in total. The highest BCUT2D eigenvalue weighted by Crippen LogP contribution is 2.18. The van der Waals surface area contributed by atoms with Gasteiger partial charge in [0.15, 0.2) is 0 Å². The molecule has 0 spiro atoms. The fraction of sp³-hybridized carbons (Fsp3) is 0.462. The second-order valence-electron chi connectivity index (χ2n) is 4.51. The number of aliphatic carboxylic acids is 1. The highest BCUT2D eigenvalue weighted by atomic mass is 16.5. The molecule has 1 aliphatic rings. The molecule has 2 unspecified atom stereocenters. The molecule has 1 saturated heterocycles. The Morgan fingerprint density at radius 3 is 3.06 bits per heavy atom. The molecule has 1 aromatic carbocycles. The topological polar surface area (TPSA) is 84.6 Å². The Kier molecular flexibility index (Phi) is 4.17. The largest absolute Gasteiger partial charge is 0.481 e. The quantitative estimate of drug-likeness (QED) is 0.678. The first kappa shape index (κ1) is 12.9. The summed E-state index contributed by atoms with van der Waals surface area (Å²) in [5.41, 5.74) is 7.28. The van der Waals surface area contributed by atoms with E-state index in [2.05, 4.69) is 5.32 Å². The first-order valence-corrected chi connectivity index (χ1v) is 6.06. The Labute approximate surface area is 106 Å². The van der Waals surface area contributed by atoms with Crippen molar-refractivity contribution in [3.05, 3.63) is 29.8 Å². The van der Waals surface area contributed by atoms with Crippen LogP contribution in [-0.2, 0) is 16.0 Å². The number of carboxylic acid groups (broad SMARTS) is 1. The van der Waals surface area contributed by atoms with Gasteiger partial charge in [0.05, 0.1) is 18.6 Å². The van der Waals surface area contributed by atoms with Gasteiger partial charge in [-0.15, -0.1) is 0 Å². The van der Waals surface area contributed by atoms with Crippen LogP contribution in [0.25, 0.3) is 0 Å². The summed E-state index contributed by atoms with van der Waals surface area (Å²) in [5.74, 6) is -1.37. The Bertz CT molecular complexity index is 416. The Balaban J connectivity index is 2.08. The zero-order valence-electron chi connectivity index (χ0n) is 10.1. The van der Waals surface area contributed by atoms with Gasteiger partial charge in [-0.25, -0.2) is 0 Å². The summed E-state index contributed by atoms with van der Waals surface area (Å²) in [6.45, 7) is 1.92. The molecule has 0 radical (unpaired) electrons. The maximum Gasteiger partial charge on any atom is 0.309 e. The highest BCUT2D eigenvalue weighted by Gasteiger charge is 2.30. The van der Waals surface area contributed by atoms with Gasteiger partial charge in [0.2, 0.25) is 0 Å². The first-order chi connectivity index (χ1) is 8.66. The van der Waals surface area contributed by atoms with E-state index in [1.807, 2.05) is 18.2 Å². The molecule has 0 bridgehead atoms. The summed E-state index contributed by atoms with van der Waals surface area (Å²) in [6, 6.07) is 7.33. The van der Waals surface area contributed by atoms with Gasteiger partial charge in [-0.05, 0) is 24.1 Å². The van der Waals surface area contributed by atoms with E-state index in [0.29, 0.717) is 25.3 Å². The normalized spacial score (nSPS) is 21.4. The molecule has 98 valence electrons. The van der Waals surface area contributed by atoms with Gasteiger partial charge in [-0.2, -0.15) is 0 Å². The third-order valence-corrected chi connectivity index (χ3v) is 3.13. The van der Waals surface area contributed by atoms with Crippen molar-refractivity contribution in [2.45, 2.75) is 12.5 Å². The number of morpholine rings is 1. The molecule has 1 aromatic rings. The molecular weight excluding hydrogens is 232 g/mol. The standard InChI is InChI=1S/C13H18N2O3/c14-10-3-1-2-9(6-10)7-11(13(16)17)12-8-15-4-5-18-12/h1-3,6,11-12,15H,4-5,7-8,14H2,(H,16,17). The van der Waals surface area contributed by atoms with Crippen molar-refractivity contribution in [1.29, 1.82) is 0 Å². The van der Waals surface area contributed by atoms with E-state index in [1.165, 1.54) is 0 Å². The van der Waals surface area contributed by atoms with Gasteiger partial charge in [0, 0.05) is 18.8 Å². The summed E-state index contributed by atoms with van der Waals surface area (Å²) in [4.78, 5) is 11.3. The molecule has 1 heterocycles. The van der Waals surface area contributed by atoms with Crippen LogP contribution in [0, 0.1) is 5.92 Å². The van der Waals surface area contributed by atoms with Gasteiger partial charge in [-0.3, -0.25) is 4.79 Å². The van der Waals surface area contributed by atoms with Crippen LogP contribution in [0.3, 0.4) is 0 Å². The van der Waals surface area contributed by atoms with Crippen LogP contribution in [0.1, 0.15) is 5.56 Å². The van der Waals surface area contributed by atoms with Crippen molar-refractivity contribution in [2.75, 3.05) is 25.4 Å². The number of nitrogens with two attached hydrogens (primary N) is 1. The molecule has 2 atom stereocenters. The number of benzene rings is 1.